The molecule has 0 fully saturated rings. The highest BCUT2D eigenvalue weighted by molar-refractivity contribution is 5.42. The van der Waals surface area contributed by atoms with E-state index in [4.69, 9.17) is 4.74 Å². The minimum atomic E-state index is -4.40. The molecule has 0 saturated carbocycles. The Hall–Kier alpha value is -1.23. The second-order valence-corrected chi connectivity index (χ2v) is 4.36. The van der Waals surface area contributed by atoms with E-state index in [1.54, 1.807) is 26.0 Å². The van der Waals surface area contributed by atoms with Gasteiger partial charge in [-0.1, -0.05) is 24.6 Å². The lowest BCUT2D eigenvalue weighted by Crippen LogP contribution is -2.51. The molecule has 0 aliphatic rings. The van der Waals surface area contributed by atoms with Crippen LogP contribution in [0.1, 0.15) is 25.0 Å². The Morgan fingerprint density at radius 3 is 2.33 bits per heavy atom. The van der Waals surface area contributed by atoms with E-state index in [1.165, 1.54) is 13.2 Å². The number of halogens is 3. The van der Waals surface area contributed by atoms with Crippen LogP contribution in [0, 0.1) is 6.92 Å². The Labute approximate surface area is 105 Å². The van der Waals surface area contributed by atoms with Gasteiger partial charge in [0.05, 0.1) is 7.11 Å². The molecule has 5 heteroatoms. The van der Waals surface area contributed by atoms with Crippen molar-refractivity contribution in [1.29, 1.82) is 0 Å². The zero-order valence-electron chi connectivity index (χ0n) is 11.0. The van der Waals surface area contributed by atoms with E-state index in [-0.39, 0.29) is 17.9 Å². The summed E-state index contributed by atoms with van der Waals surface area (Å²) in [7, 11) is 1.37. The molecule has 102 valence electrons. The fourth-order valence-corrected chi connectivity index (χ4v) is 1.91. The van der Waals surface area contributed by atoms with Crippen LogP contribution in [-0.4, -0.2) is 19.8 Å². The van der Waals surface area contributed by atoms with Gasteiger partial charge in [0.15, 0.2) is 0 Å². The molecule has 18 heavy (non-hydrogen) atoms. The monoisotopic (exact) mass is 261 g/mol. The van der Waals surface area contributed by atoms with Gasteiger partial charge < -0.3 is 10.1 Å². The number of hydrogen-bond acceptors (Lipinski definition) is 2. The summed E-state index contributed by atoms with van der Waals surface area (Å²) in [6.45, 7) is 4.75. The van der Waals surface area contributed by atoms with E-state index in [9.17, 15) is 13.2 Å². The maximum atomic E-state index is 13.3. The number of rotatable bonds is 4. The van der Waals surface area contributed by atoms with Gasteiger partial charge in [-0.25, -0.2) is 0 Å². The standard InChI is InChI=1S/C13H18F3NO/c1-5-17-12(3,13(14,15)16)10-8-9(2)6-7-11(10)18-4/h6-8,17H,5H2,1-4H3. The minimum Gasteiger partial charge on any atom is -0.496 e. The van der Waals surface area contributed by atoms with Gasteiger partial charge >= 0.3 is 6.18 Å². The Kier molecular flexibility index (Phi) is 4.27. The summed E-state index contributed by atoms with van der Waals surface area (Å²) < 4.78 is 45.0. The summed E-state index contributed by atoms with van der Waals surface area (Å²) in [6.07, 6.45) is -4.40. The lowest BCUT2D eigenvalue weighted by atomic mass is 9.89. The Morgan fingerprint density at radius 2 is 1.89 bits per heavy atom. The number of hydrogen-bond donors (Lipinski definition) is 1. The Bertz CT molecular complexity index is 417. The number of methoxy groups -OCH3 is 1. The number of alkyl halides is 3. The average molecular weight is 261 g/mol. The predicted octanol–water partition coefficient (Wildman–Crippen LogP) is 3.39. The first-order valence-corrected chi connectivity index (χ1v) is 5.73. The summed E-state index contributed by atoms with van der Waals surface area (Å²) in [5.74, 6) is 0.237. The van der Waals surface area contributed by atoms with Crippen LogP contribution in [0.25, 0.3) is 0 Å². The van der Waals surface area contributed by atoms with Gasteiger partial charge in [0.1, 0.15) is 11.3 Å². The zero-order chi connectivity index (χ0) is 14.0. The molecule has 1 aromatic rings. The van der Waals surface area contributed by atoms with Crippen molar-refractivity contribution in [2.45, 2.75) is 32.5 Å². The highest BCUT2D eigenvalue weighted by Gasteiger charge is 2.53. The fourth-order valence-electron chi connectivity index (χ4n) is 1.91. The molecule has 1 N–H and O–H groups in total. The summed E-state index contributed by atoms with van der Waals surface area (Å²) in [4.78, 5) is 0. The van der Waals surface area contributed by atoms with E-state index < -0.39 is 11.7 Å². The molecule has 1 aromatic carbocycles. The van der Waals surface area contributed by atoms with Crippen LogP contribution in [0.2, 0.25) is 0 Å². The predicted molar refractivity (Wildman–Crippen MR) is 64.8 cm³/mol. The largest absolute Gasteiger partial charge is 0.496 e. The van der Waals surface area contributed by atoms with Crippen LogP contribution in [0.3, 0.4) is 0 Å². The van der Waals surface area contributed by atoms with Crippen LogP contribution >= 0.6 is 0 Å². The third kappa shape index (κ3) is 2.61. The zero-order valence-corrected chi connectivity index (χ0v) is 11.0. The van der Waals surface area contributed by atoms with Crippen LogP contribution < -0.4 is 10.1 Å². The molecule has 0 spiro atoms. The van der Waals surface area contributed by atoms with E-state index in [0.717, 1.165) is 12.5 Å². The van der Waals surface area contributed by atoms with E-state index >= 15 is 0 Å². The maximum Gasteiger partial charge on any atom is 0.410 e. The van der Waals surface area contributed by atoms with Gasteiger partial charge in [-0.15, -0.1) is 0 Å². The normalized spacial score (nSPS) is 15.3. The van der Waals surface area contributed by atoms with Gasteiger partial charge in [-0.05, 0) is 26.5 Å². The van der Waals surface area contributed by atoms with Gasteiger partial charge in [-0.2, -0.15) is 13.2 Å². The number of aryl methyl sites for hydroxylation is 1. The first-order valence-electron chi connectivity index (χ1n) is 5.73. The first kappa shape index (κ1) is 14.8. The molecule has 0 radical (unpaired) electrons. The highest BCUT2D eigenvalue weighted by atomic mass is 19.4. The lowest BCUT2D eigenvalue weighted by Gasteiger charge is -2.34. The fraction of sp³-hybridized carbons (Fsp3) is 0.538. The molecule has 0 aromatic heterocycles. The van der Waals surface area contributed by atoms with Gasteiger partial charge in [-0.3, -0.25) is 0 Å². The first-order chi connectivity index (χ1) is 8.26. The minimum absolute atomic E-state index is 0.111. The van der Waals surface area contributed by atoms with Crippen LogP contribution in [-0.2, 0) is 5.54 Å². The van der Waals surface area contributed by atoms with Crippen molar-refractivity contribution in [2.24, 2.45) is 0 Å². The smallest absolute Gasteiger partial charge is 0.410 e. The maximum absolute atomic E-state index is 13.3. The molecule has 0 aliphatic heterocycles. The SMILES string of the molecule is CCNC(C)(c1cc(C)ccc1OC)C(F)(F)F. The number of nitrogens with one attached hydrogen (secondary N) is 1. The third-order valence-corrected chi connectivity index (χ3v) is 2.99. The van der Waals surface area contributed by atoms with Crippen molar-refractivity contribution >= 4 is 0 Å². The summed E-state index contributed by atoms with van der Waals surface area (Å²) in [6, 6.07) is 4.80. The van der Waals surface area contributed by atoms with E-state index in [1.807, 2.05) is 0 Å². The van der Waals surface area contributed by atoms with Gasteiger partial charge in [0.2, 0.25) is 0 Å². The molecule has 0 saturated heterocycles. The van der Waals surface area contributed by atoms with Crippen molar-refractivity contribution in [3.8, 4) is 5.75 Å². The molecular weight excluding hydrogens is 243 g/mol. The number of benzene rings is 1. The second-order valence-electron chi connectivity index (χ2n) is 4.36. The average Bonchev–Trinajstić information content (AvgIpc) is 2.27. The third-order valence-electron chi connectivity index (χ3n) is 2.99. The van der Waals surface area contributed by atoms with Crippen LogP contribution in [0.15, 0.2) is 18.2 Å². The molecule has 2 nitrogen and oxygen atoms in total. The van der Waals surface area contributed by atoms with Gasteiger partial charge in [0, 0.05) is 5.56 Å². The van der Waals surface area contributed by atoms with Gasteiger partial charge in [0.25, 0.3) is 0 Å². The molecule has 0 bridgehead atoms. The molecule has 0 amide bonds. The van der Waals surface area contributed by atoms with Crippen molar-refractivity contribution in [2.75, 3.05) is 13.7 Å². The lowest BCUT2D eigenvalue weighted by molar-refractivity contribution is -0.195. The second kappa shape index (κ2) is 5.18. The van der Waals surface area contributed by atoms with Crippen molar-refractivity contribution in [1.82, 2.24) is 5.32 Å². The Morgan fingerprint density at radius 1 is 1.28 bits per heavy atom. The molecule has 1 atom stereocenters. The van der Waals surface area contributed by atoms with Crippen LogP contribution in [0.5, 0.6) is 5.75 Å². The van der Waals surface area contributed by atoms with E-state index in [2.05, 4.69) is 5.32 Å². The van der Waals surface area contributed by atoms with Crippen molar-refractivity contribution < 1.29 is 17.9 Å². The summed E-state index contributed by atoms with van der Waals surface area (Å²) in [5, 5.41) is 2.51. The molecule has 0 heterocycles. The van der Waals surface area contributed by atoms with Crippen LogP contribution in [0.4, 0.5) is 13.2 Å². The number of ether oxygens (including phenoxy) is 1. The van der Waals surface area contributed by atoms with E-state index in [0.29, 0.717) is 0 Å². The molecule has 0 aliphatic carbocycles. The molecule has 1 rings (SSSR count). The van der Waals surface area contributed by atoms with Crippen molar-refractivity contribution in [3.05, 3.63) is 29.3 Å². The van der Waals surface area contributed by atoms with Crippen molar-refractivity contribution in [3.63, 3.8) is 0 Å². The highest BCUT2D eigenvalue weighted by Crippen LogP contribution is 2.42. The quantitative estimate of drug-likeness (QED) is 0.897. The summed E-state index contributed by atoms with van der Waals surface area (Å²) in [5.41, 5.74) is -1.24. The topological polar surface area (TPSA) is 21.3 Å². The molecular formula is C13H18F3NO. The molecule has 1 unspecified atom stereocenters. The Balaban J connectivity index is 3.42. The summed E-state index contributed by atoms with van der Waals surface area (Å²) >= 11 is 0.